The minimum Gasteiger partial charge on any atom is -0.0984 e. The number of hydrogen-bond acceptors (Lipinski definition) is 0. The van der Waals surface area contributed by atoms with Crippen LogP contribution in [0.4, 0.5) is 0 Å². The van der Waals surface area contributed by atoms with Crippen molar-refractivity contribution in [3.05, 3.63) is 233 Å². The number of benzene rings is 6. The van der Waals surface area contributed by atoms with E-state index in [0.29, 0.717) is 17.8 Å². The second-order valence-electron chi connectivity index (χ2n) is 16.2. The maximum atomic E-state index is 4.14. The fraction of sp³-hybridized carbons (Fsp3) is 0.127. The SMILES string of the molecule is C=CC1=C(C=C)c2cccc3c2C1=CCC3c1ccc(-c2ccc3c4c(ccc3c2)C2=C(C3C=CCCC3C=C2)C42c3ccccc3-c3ccccc32)cc1. The average Bonchev–Trinajstić information content (AvgIpc) is 3.85. The van der Waals surface area contributed by atoms with Gasteiger partial charge in [0.05, 0.1) is 5.41 Å². The molecule has 0 radical (unpaired) electrons. The lowest BCUT2D eigenvalue weighted by atomic mass is 9.61. The number of rotatable bonds is 4. The van der Waals surface area contributed by atoms with E-state index in [4.69, 9.17) is 0 Å². The fourth-order valence-corrected chi connectivity index (χ4v) is 11.7. The van der Waals surface area contributed by atoms with Crippen LogP contribution in [0.3, 0.4) is 0 Å². The molecule has 0 bridgehead atoms. The van der Waals surface area contributed by atoms with Crippen LogP contribution in [0.1, 0.15) is 69.7 Å². The monoisotopic (exact) mass is 700 g/mol. The van der Waals surface area contributed by atoms with Crippen molar-refractivity contribution in [3.63, 3.8) is 0 Å². The van der Waals surface area contributed by atoms with Crippen molar-refractivity contribution in [1.29, 1.82) is 0 Å². The van der Waals surface area contributed by atoms with Crippen LogP contribution in [0.25, 0.3) is 49.7 Å². The van der Waals surface area contributed by atoms with E-state index in [1.165, 1.54) is 106 Å². The van der Waals surface area contributed by atoms with Crippen LogP contribution in [0.5, 0.6) is 0 Å². The summed E-state index contributed by atoms with van der Waals surface area (Å²) in [7, 11) is 0. The van der Waals surface area contributed by atoms with Crippen LogP contribution in [-0.4, -0.2) is 0 Å². The molecule has 6 aliphatic rings. The highest BCUT2D eigenvalue weighted by Gasteiger charge is 2.56. The first kappa shape index (κ1) is 31.1. The second-order valence-corrected chi connectivity index (χ2v) is 16.2. The van der Waals surface area contributed by atoms with Crippen molar-refractivity contribution < 1.29 is 0 Å². The molecule has 6 aliphatic carbocycles. The maximum Gasteiger partial charge on any atom is 0.0700 e. The Balaban J connectivity index is 0.982. The summed E-state index contributed by atoms with van der Waals surface area (Å²) in [5.41, 5.74) is 22.8. The van der Waals surface area contributed by atoms with Gasteiger partial charge in [0.2, 0.25) is 0 Å². The molecule has 0 amide bonds. The molecule has 0 saturated carbocycles. The zero-order valence-corrected chi connectivity index (χ0v) is 30.9. The minimum absolute atomic E-state index is 0.321. The molecule has 0 aromatic heterocycles. The van der Waals surface area contributed by atoms with Crippen molar-refractivity contribution in [1.82, 2.24) is 0 Å². The Morgan fingerprint density at radius 3 is 2.18 bits per heavy atom. The highest BCUT2D eigenvalue weighted by Crippen LogP contribution is 2.67. The molecule has 1 spiro atoms. The summed E-state index contributed by atoms with van der Waals surface area (Å²) in [5, 5.41) is 2.66. The van der Waals surface area contributed by atoms with Gasteiger partial charge in [-0.3, -0.25) is 0 Å². The molecule has 0 nitrogen and oxygen atoms in total. The van der Waals surface area contributed by atoms with Crippen LogP contribution in [0, 0.1) is 11.8 Å². The van der Waals surface area contributed by atoms with Gasteiger partial charge in [-0.2, -0.15) is 0 Å². The Labute approximate surface area is 323 Å². The predicted molar refractivity (Wildman–Crippen MR) is 231 cm³/mol. The highest BCUT2D eigenvalue weighted by atomic mass is 14.6. The molecule has 0 aliphatic heterocycles. The number of fused-ring (bicyclic) bond motifs is 13. The van der Waals surface area contributed by atoms with Gasteiger partial charge in [0.1, 0.15) is 0 Å². The van der Waals surface area contributed by atoms with Crippen molar-refractivity contribution >= 4 is 27.5 Å². The molecular weight excluding hydrogens is 661 g/mol. The zero-order valence-electron chi connectivity index (χ0n) is 30.9. The quantitative estimate of drug-likeness (QED) is 0.161. The van der Waals surface area contributed by atoms with Gasteiger partial charge >= 0.3 is 0 Å². The summed E-state index contributed by atoms with van der Waals surface area (Å²) in [6.07, 6.45) is 19.7. The molecule has 6 aromatic rings. The van der Waals surface area contributed by atoms with Crippen LogP contribution < -0.4 is 0 Å². The van der Waals surface area contributed by atoms with E-state index in [9.17, 15) is 0 Å². The Morgan fingerprint density at radius 2 is 1.40 bits per heavy atom. The molecule has 55 heavy (non-hydrogen) atoms. The molecule has 0 saturated heterocycles. The fourth-order valence-electron chi connectivity index (χ4n) is 11.7. The minimum atomic E-state index is -0.323. The van der Waals surface area contributed by atoms with Gasteiger partial charge in [-0.15, -0.1) is 0 Å². The Kier molecular flexibility index (Phi) is 6.45. The van der Waals surface area contributed by atoms with Gasteiger partial charge < -0.3 is 0 Å². The van der Waals surface area contributed by atoms with Gasteiger partial charge in [0.15, 0.2) is 0 Å². The standard InChI is InChI=1S/C55H40/c1-3-38-39(4-2)47-31-30-40(46-17-11-16-45(38)52(46)47)35-22-20-33(21-23-35)36-25-27-42-37(32-36)26-29-49-48-28-24-34-12-5-6-13-41(34)53(48)55(54(42)49)50-18-9-7-14-43(50)44-15-8-10-19-51(44)55/h3-4,6-11,13-29,31-32,34,40-41H,1-2,5,12,30H2. The zero-order chi connectivity index (χ0) is 36.4. The van der Waals surface area contributed by atoms with Crippen LogP contribution in [0.2, 0.25) is 0 Å². The van der Waals surface area contributed by atoms with Crippen LogP contribution in [0.15, 0.2) is 188 Å². The summed E-state index contributed by atoms with van der Waals surface area (Å²) >= 11 is 0. The predicted octanol–water partition coefficient (Wildman–Crippen LogP) is 13.8. The van der Waals surface area contributed by atoms with E-state index in [2.05, 4.69) is 165 Å². The Morgan fingerprint density at radius 1 is 0.655 bits per heavy atom. The third-order valence-electron chi connectivity index (χ3n) is 13.9. The van der Waals surface area contributed by atoms with E-state index in [1.54, 1.807) is 5.57 Å². The first-order chi connectivity index (χ1) is 27.2. The third kappa shape index (κ3) is 3.97. The van der Waals surface area contributed by atoms with Gasteiger partial charge in [0.25, 0.3) is 0 Å². The Hall–Kier alpha value is -6.24. The lowest BCUT2D eigenvalue weighted by Gasteiger charge is -2.40. The summed E-state index contributed by atoms with van der Waals surface area (Å²) in [4.78, 5) is 0. The lowest BCUT2D eigenvalue weighted by Crippen LogP contribution is -2.34. The summed E-state index contributed by atoms with van der Waals surface area (Å²) in [5.74, 6) is 1.25. The molecule has 3 atom stereocenters. The van der Waals surface area contributed by atoms with Crippen molar-refractivity contribution in [2.45, 2.75) is 30.6 Å². The molecule has 6 aromatic carbocycles. The van der Waals surface area contributed by atoms with Crippen LogP contribution >= 0.6 is 0 Å². The molecule has 0 fully saturated rings. The first-order valence-electron chi connectivity index (χ1n) is 20.0. The van der Waals surface area contributed by atoms with Gasteiger partial charge in [-0.05, 0) is 137 Å². The second kappa shape index (κ2) is 11.4. The average molecular weight is 701 g/mol. The normalized spacial score (nSPS) is 21.5. The Bertz CT molecular complexity index is 2830. The molecular formula is C55H40. The summed E-state index contributed by atoms with van der Waals surface area (Å²) in [6.45, 7) is 8.28. The van der Waals surface area contributed by atoms with Crippen molar-refractivity contribution in [2.24, 2.45) is 11.8 Å². The van der Waals surface area contributed by atoms with E-state index in [-0.39, 0.29) is 5.41 Å². The molecule has 260 valence electrons. The topological polar surface area (TPSA) is 0 Å². The maximum absolute atomic E-state index is 4.14. The third-order valence-corrected chi connectivity index (χ3v) is 13.9. The van der Waals surface area contributed by atoms with E-state index in [0.717, 1.165) is 12.8 Å². The van der Waals surface area contributed by atoms with Gasteiger partial charge in [0, 0.05) is 11.8 Å². The molecule has 0 heterocycles. The molecule has 12 rings (SSSR count). The van der Waals surface area contributed by atoms with E-state index < -0.39 is 0 Å². The first-order valence-corrected chi connectivity index (χ1v) is 20.0. The van der Waals surface area contributed by atoms with Gasteiger partial charge in [-0.25, -0.2) is 0 Å². The molecule has 0 N–H and O–H groups in total. The summed E-state index contributed by atoms with van der Waals surface area (Å²) < 4.78 is 0. The smallest absolute Gasteiger partial charge is 0.0700 e. The molecule has 3 unspecified atom stereocenters. The number of hydrogen-bond donors (Lipinski definition) is 0. The van der Waals surface area contributed by atoms with E-state index >= 15 is 0 Å². The molecule has 0 heteroatoms. The van der Waals surface area contributed by atoms with Crippen molar-refractivity contribution in [3.8, 4) is 22.3 Å². The summed E-state index contributed by atoms with van der Waals surface area (Å²) in [6, 6.07) is 46.7. The van der Waals surface area contributed by atoms with Gasteiger partial charge in [-0.1, -0.05) is 171 Å². The largest absolute Gasteiger partial charge is 0.0984 e. The lowest BCUT2D eigenvalue weighted by molar-refractivity contribution is 0.448. The number of allylic oxidation sites excluding steroid dienone is 12. The highest BCUT2D eigenvalue weighted by molar-refractivity contribution is 6.07. The van der Waals surface area contributed by atoms with Crippen LogP contribution in [-0.2, 0) is 5.41 Å². The van der Waals surface area contributed by atoms with E-state index in [1.807, 2.05) is 12.2 Å². The van der Waals surface area contributed by atoms with Crippen molar-refractivity contribution in [2.75, 3.05) is 0 Å².